The highest BCUT2D eigenvalue weighted by Crippen LogP contribution is 2.26. The van der Waals surface area contributed by atoms with Gasteiger partial charge in [-0.05, 0) is 24.8 Å². The molecular weight excluding hydrogens is 226 g/mol. The van der Waals surface area contributed by atoms with E-state index in [1.807, 2.05) is 0 Å². The molecule has 5 heteroatoms. The van der Waals surface area contributed by atoms with E-state index >= 15 is 0 Å². The molecule has 0 aromatic carbocycles. The molecule has 2 atom stereocenters. The average molecular weight is 260 g/mol. The van der Waals surface area contributed by atoms with Crippen LogP contribution >= 0.6 is 0 Å². The van der Waals surface area contributed by atoms with Crippen molar-refractivity contribution in [2.24, 2.45) is 5.89 Å². The average Bonchev–Trinajstić information content (AvgIpc) is 3.04. The molecule has 0 spiro atoms. The SMILES string of the molecule is [2H]c1nc(N(C([2H])([2H])[2H])[C@@]2([2H])C([2H])([2H])NC([2H])([2H])C([2H])([2H])[C@@]2([2H])C([2H])([2H])[2H])c2cc[nH]c2n1. The predicted molar refractivity (Wildman–Crippen MR) is 72.7 cm³/mol. The number of likely N-dealkylation sites (N-methyl/N-ethyl adjacent to an activating group) is 1. The Morgan fingerprint density at radius 3 is 3.56 bits per heavy atom. The second kappa shape index (κ2) is 4.57. The van der Waals surface area contributed by atoms with Crippen LogP contribution < -0.4 is 10.2 Å². The molecule has 1 saturated heterocycles. The predicted octanol–water partition coefficient (Wildman–Crippen LogP) is 1.39. The summed E-state index contributed by atoms with van der Waals surface area (Å²) >= 11 is 0. The van der Waals surface area contributed by atoms with Gasteiger partial charge in [0.15, 0.2) is 0 Å². The van der Waals surface area contributed by atoms with Crippen LogP contribution in [0.2, 0.25) is 0 Å². The number of hydrogen-bond acceptors (Lipinski definition) is 4. The molecular formula is C13H19N5. The molecule has 2 aromatic heterocycles. The number of aromatic nitrogens is 3. The van der Waals surface area contributed by atoms with E-state index in [0.29, 0.717) is 0 Å². The molecule has 0 aliphatic carbocycles. The van der Waals surface area contributed by atoms with E-state index in [1.54, 1.807) is 5.32 Å². The maximum atomic E-state index is 8.96. The lowest BCUT2D eigenvalue weighted by Gasteiger charge is -2.37. The van der Waals surface area contributed by atoms with Crippen LogP contribution in [0.4, 0.5) is 5.82 Å². The first-order valence-electron chi connectivity index (χ1n) is 12.5. The van der Waals surface area contributed by atoms with Gasteiger partial charge in [0.25, 0.3) is 0 Å². The molecule has 0 unspecified atom stereocenters. The van der Waals surface area contributed by atoms with Crippen molar-refractivity contribution in [3.8, 4) is 0 Å². The number of aromatic amines is 1. The van der Waals surface area contributed by atoms with Gasteiger partial charge in [-0.2, -0.15) is 0 Å². The Bertz CT molecular complexity index is 1070. The highest BCUT2D eigenvalue weighted by atomic mass is 15.2. The van der Waals surface area contributed by atoms with Gasteiger partial charge in [0.2, 0.25) is 0 Å². The summed E-state index contributed by atoms with van der Waals surface area (Å²) in [5, 5.41) is 1.39. The van der Waals surface area contributed by atoms with E-state index in [2.05, 4.69) is 15.0 Å². The van der Waals surface area contributed by atoms with E-state index in [0.717, 1.165) is 0 Å². The summed E-state index contributed by atoms with van der Waals surface area (Å²) in [4.78, 5) is 9.81. The summed E-state index contributed by atoms with van der Waals surface area (Å²) in [6, 6.07) is -2.68. The zero-order valence-corrected chi connectivity index (χ0v) is 9.00. The van der Waals surface area contributed by atoms with Crippen LogP contribution in [0.25, 0.3) is 11.0 Å². The van der Waals surface area contributed by atoms with Crippen molar-refractivity contribution in [3.05, 3.63) is 18.6 Å². The first kappa shape index (κ1) is 3.48. The first-order chi connectivity index (χ1) is 14.6. The Morgan fingerprint density at radius 1 is 1.67 bits per heavy atom. The van der Waals surface area contributed by atoms with Gasteiger partial charge in [0.1, 0.15) is 19.1 Å². The highest BCUT2D eigenvalue weighted by Gasteiger charge is 2.26. The lowest BCUT2D eigenvalue weighted by molar-refractivity contribution is 0.338. The number of piperidine rings is 1. The highest BCUT2D eigenvalue weighted by molar-refractivity contribution is 5.87. The number of rotatable bonds is 2. The van der Waals surface area contributed by atoms with Crippen LogP contribution in [0.1, 0.15) is 33.8 Å². The normalized spacial score (nSPS) is 54.6. The minimum absolute atomic E-state index is 0.116. The number of H-pyrrole nitrogens is 1. The van der Waals surface area contributed by atoms with Crippen molar-refractivity contribution in [1.82, 2.24) is 20.3 Å². The van der Waals surface area contributed by atoms with Crippen LogP contribution in [-0.4, -0.2) is 40.9 Å². The topological polar surface area (TPSA) is 56.8 Å². The second-order valence-corrected chi connectivity index (χ2v) is 3.45. The third-order valence-electron chi connectivity index (χ3n) is 2.39. The number of nitrogens with zero attached hydrogens (tertiary/aromatic N) is 3. The minimum atomic E-state index is -4.05. The van der Waals surface area contributed by atoms with Crippen molar-refractivity contribution >= 4 is 16.9 Å². The molecule has 2 N–H and O–H groups in total. The number of fused-ring (bicyclic) bond motifs is 1. The zero-order chi connectivity index (χ0) is 25.6. The summed E-state index contributed by atoms with van der Waals surface area (Å²) in [5.41, 5.74) is -0.116. The molecule has 3 rings (SSSR count). The van der Waals surface area contributed by atoms with Crippen LogP contribution in [0, 0.1) is 5.89 Å². The van der Waals surface area contributed by atoms with Crippen LogP contribution in [0.3, 0.4) is 0 Å². The van der Waals surface area contributed by atoms with E-state index in [4.69, 9.17) is 20.6 Å². The van der Waals surface area contributed by atoms with E-state index in [1.165, 1.54) is 12.3 Å². The number of hydrogen-bond donors (Lipinski definition) is 2. The van der Waals surface area contributed by atoms with E-state index in [9.17, 15) is 0 Å². The Balaban J connectivity index is 2.54. The van der Waals surface area contributed by atoms with Gasteiger partial charge >= 0.3 is 0 Å². The smallest absolute Gasteiger partial charge is 0.142 e. The summed E-state index contributed by atoms with van der Waals surface area (Å²) in [7, 11) is 0. The molecule has 3 heterocycles. The third-order valence-corrected chi connectivity index (χ3v) is 2.39. The summed E-state index contributed by atoms with van der Waals surface area (Å²) < 4.78 is 122. The van der Waals surface area contributed by atoms with Crippen molar-refractivity contribution < 1.29 is 20.6 Å². The third kappa shape index (κ3) is 1.84. The van der Waals surface area contributed by atoms with Gasteiger partial charge in [-0.3, -0.25) is 0 Å². The molecule has 1 fully saturated rings. The van der Waals surface area contributed by atoms with Gasteiger partial charge in [0, 0.05) is 43.5 Å². The maximum Gasteiger partial charge on any atom is 0.142 e. The standard InChI is InChI=1S/C13H19N5/c1-9-3-5-14-7-11(9)18(2)13-10-4-6-15-12(10)16-8-17-13/h4,6,8-9,11,14H,3,5,7H2,1-2H3,(H,15,16,17)/t9-,11+/m1/s1/i1D3,2D3,3D2,5D2,7D2,8D,9D,11D. The monoisotopic (exact) mass is 260 g/mol. The largest absolute Gasteiger partial charge is 0.354 e. The van der Waals surface area contributed by atoms with Crippen molar-refractivity contribution in [3.63, 3.8) is 0 Å². The molecule has 0 amide bonds. The zero-order valence-electron chi connectivity index (χ0n) is 24.0. The van der Waals surface area contributed by atoms with Gasteiger partial charge in [-0.25, -0.2) is 9.97 Å². The summed E-state index contributed by atoms with van der Waals surface area (Å²) in [5.74, 6) is -4.87. The lowest BCUT2D eigenvalue weighted by atomic mass is 9.93. The quantitative estimate of drug-likeness (QED) is 0.857. The molecule has 1 aliphatic heterocycles. The summed E-state index contributed by atoms with van der Waals surface area (Å²) in [6.45, 7) is -14.7. The minimum Gasteiger partial charge on any atom is -0.354 e. The fourth-order valence-corrected chi connectivity index (χ4v) is 1.57. The Morgan fingerprint density at radius 2 is 2.67 bits per heavy atom. The van der Waals surface area contributed by atoms with Crippen LogP contribution in [-0.2, 0) is 0 Å². The Kier molecular flexibility index (Phi) is 0.883. The fraction of sp³-hybridized carbons (Fsp3) is 0.538. The lowest BCUT2D eigenvalue weighted by Crippen LogP contribution is -2.49. The summed E-state index contributed by atoms with van der Waals surface area (Å²) in [6.07, 6.45) is -3.36. The Hall–Kier alpha value is -1.62. The van der Waals surface area contributed by atoms with Gasteiger partial charge in [-0.1, -0.05) is 6.85 Å². The first-order valence-corrected chi connectivity index (χ1v) is 4.98. The molecule has 0 saturated carbocycles. The van der Waals surface area contributed by atoms with Gasteiger partial charge in [-0.15, -0.1) is 0 Å². The van der Waals surface area contributed by atoms with E-state index in [-0.39, 0.29) is 15.9 Å². The molecule has 96 valence electrons. The van der Waals surface area contributed by atoms with Gasteiger partial charge in [0.05, 0.1) is 6.76 Å². The van der Waals surface area contributed by atoms with Crippen molar-refractivity contribution in [1.29, 1.82) is 0 Å². The number of anilines is 1. The van der Waals surface area contributed by atoms with E-state index < -0.39 is 57.2 Å². The molecule has 5 nitrogen and oxygen atoms in total. The van der Waals surface area contributed by atoms with Gasteiger partial charge < -0.3 is 15.2 Å². The molecule has 0 bridgehead atoms. The van der Waals surface area contributed by atoms with Crippen molar-refractivity contribution in [2.45, 2.75) is 19.2 Å². The molecule has 18 heavy (non-hydrogen) atoms. The maximum absolute atomic E-state index is 8.96. The fourth-order valence-electron chi connectivity index (χ4n) is 1.57. The number of nitrogens with one attached hydrogen (secondary N) is 2. The molecule has 2 aromatic rings. The second-order valence-electron chi connectivity index (χ2n) is 3.45. The molecule has 0 radical (unpaired) electrons. The van der Waals surface area contributed by atoms with Crippen molar-refractivity contribution in [2.75, 3.05) is 24.9 Å². The Labute approximate surface area is 128 Å². The molecule has 1 aliphatic rings. The van der Waals surface area contributed by atoms with Crippen LogP contribution in [0.5, 0.6) is 0 Å². The van der Waals surface area contributed by atoms with Crippen LogP contribution in [0.15, 0.2) is 18.6 Å².